The average Bonchev–Trinajstić information content (AvgIpc) is 2.87. The molecule has 138 valence electrons. The predicted octanol–water partition coefficient (Wildman–Crippen LogP) is 1.20. The maximum atomic E-state index is 12.2. The molecule has 0 bridgehead atoms. The van der Waals surface area contributed by atoms with Gasteiger partial charge in [0.15, 0.2) is 0 Å². The number of amides is 1. The topological polar surface area (TPSA) is 102 Å². The SMILES string of the molecule is CC(C)(C)NS(=O)(=O)Cc1cccc(C(=O)NCC2CCOC2=O)c1. The van der Waals surface area contributed by atoms with Gasteiger partial charge in [0.2, 0.25) is 10.0 Å². The number of carbonyl (C=O) groups excluding carboxylic acids is 2. The Kier molecular flexibility index (Phi) is 5.84. The zero-order valence-corrected chi connectivity index (χ0v) is 15.5. The van der Waals surface area contributed by atoms with Crippen LogP contribution in [0.15, 0.2) is 24.3 Å². The highest BCUT2D eigenvalue weighted by Gasteiger charge is 2.27. The van der Waals surface area contributed by atoms with Gasteiger partial charge in [-0.2, -0.15) is 0 Å². The molecule has 0 radical (unpaired) electrons. The Morgan fingerprint density at radius 2 is 2.04 bits per heavy atom. The molecule has 7 nitrogen and oxygen atoms in total. The van der Waals surface area contributed by atoms with Crippen LogP contribution in [0.3, 0.4) is 0 Å². The van der Waals surface area contributed by atoms with Gasteiger partial charge in [-0.3, -0.25) is 9.59 Å². The van der Waals surface area contributed by atoms with Crippen molar-refractivity contribution in [3.05, 3.63) is 35.4 Å². The lowest BCUT2D eigenvalue weighted by atomic mass is 10.1. The van der Waals surface area contributed by atoms with Crippen molar-refractivity contribution in [3.63, 3.8) is 0 Å². The molecule has 0 saturated carbocycles. The van der Waals surface area contributed by atoms with Gasteiger partial charge < -0.3 is 10.1 Å². The minimum atomic E-state index is -3.51. The molecule has 1 aliphatic heterocycles. The van der Waals surface area contributed by atoms with Crippen molar-refractivity contribution in [1.29, 1.82) is 0 Å². The smallest absolute Gasteiger partial charge is 0.310 e. The van der Waals surface area contributed by atoms with Crippen LogP contribution in [0.5, 0.6) is 0 Å². The van der Waals surface area contributed by atoms with E-state index in [0.29, 0.717) is 24.2 Å². The molecule has 2 N–H and O–H groups in total. The van der Waals surface area contributed by atoms with Crippen LogP contribution in [0.2, 0.25) is 0 Å². The summed E-state index contributed by atoms with van der Waals surface area (Å²) in [5.41, 5.74) is 0.309. The van der Waals surface area contributed by atoms with Gasteiger partial charge in [-0.15, -0.1) is 0 Å². The van der Waals surface area contributed by atoms with E-state index in [4.69, 9.17) is 4.74 Å². The van der Waals surface area contributed by atoms with Crippen molar-refractivity contribution in [2.45, 2.75) is 38.5 Å². The lowest BCUT2D eigenvalue weighted by Gasteiger charge is -2.20. The highest BCUT2D eigenvalue weighted by molar-refractivity contribution is 7.88. The third-order valence-corrected chi connectivity index (χ3v) is 5.20. The van der Waals surface area contributed by atoms with Gasteiger partial charge in [-0.05, 0) is 44.9 Å². The second-order valence-electron chi connectivity index (χ2n) is 7.17. The molecule has 2 rings (SSSR count). The highest BCUT2D eigenvalue weighted by Crippen LogP contribution is 2.14. The van der Waals surface area contributed by atoms with Gasteiger partial charge in [-0.25, -0.2) is 13.1 Å². The summed E-state index contributed by atoms with van der Waals surface area (Å²) >= 11 is 0. The Balaban J connectivity index is 2.00. The summed E-state index contributed by atoms with van der Waals surface area (Å²) in [5.74, 6) is -1.17. The second-order valence-corrected chi connectivity index (χ2v) is 8.90. The van der Waals surface area contributed by atoms with Crippen molar-refractivity contribution >= 4 is 21.9 Å². The summed E-state index contributed by atoms with van der Waals surface area (Å²) in [6.45, 7) is 5.90. The summed E-state index contributed by atoms with van der Waals surface area (Å²) in [4.78, 5) is 23.6. The van der Waals surface area contributed by atoms with E-state index in [2.05, 4.69) is 10.0 Å². The minimum absolute atomic E-state index is 0.208. The molecular formula is C17H24N2O5S. The standard InChI is InChI=1S/C17H24N2O5S/c1-17(2,3)19-25(22,23)11-12-5-4-6-13(9-12)15(20)18-10-14-7-8-24-16(14)21/h4-6,9,14,19H,7-8,10-11H2,1-3H3,(H,18,20). The lowest BCUT2D eigenvalue weighted by molar-refractivity contribution is -0.141. The number of cyclic esters (lactones) is 1. The summed E-state index contributed by atoms with van der Waals surface area (Å²) in [6, 6.07) is 6.45. The zero-order chi connectivity index (χ0) is 18.7. The van der Waals surface area contributed by atoms with Crippen LogP contribution in [-0.4, -0.2) is 39.0 Å². The average molecular weight is 368 g/mol. The third kappa shape index (κ3) is 6.13. The number of esters is 1. The van der Waals surface area contributed by atoms with E-state index in [1.54, 1.807) is 45.0 Å². The monoisotopic (exact) mass is 368 g/mol. The molecule has 1 saturated heterocycles. The first-order valence-corrected chi connectivity index (χ1v) is 9.76. The van der Waals surface area contributed by atoms with Crippen molar-refractivity contribution < 1.29 is 22.7 Å². The minimum Gasteiger partial charge on any atom is -0.465 e. The Morgan fingerprint density at radius 3 is 2.64 bits per heavy atom. The molecule has 25 heavy (non-hydrogen) atoms. The van der Waals surface area contributed by atoms with Crippen LogP contribution in [-0.2, 0) is 25.3 Å². The number of rotatable bonds is 6. The van der Waals surface area contributed by atoms with Crippen molar-refractivity contribution in [2.75, 3.05) is 13.2 Å². The van der Waals surface area contributed by atoms with Crippen molar-refractivity contribution in [3.8, 4) is 0 Å². The summed E-state index contributed by atoms with van der Waals surface area (Å²) in [6.07, 6.45) is 0.593. The number of carbonyl (C=O) groups is 2. The number of hydrogen-bond donors (Lipinski definition) is 2. The van der Waals surface area contributed by atoms with E-state index in [0.717, 1.165) is 0 Å². The van der Waals surface area contributed by atoms with Crippen LogP contribution >= 0.6 is 0 Å². The first-order valence-electron chi connectivity index (χ1n) is 8.11. The number of hydrogen-bond acceptors (Lipinski definition) is 5. The Labute approximate surface area is 148 Å². The molecule has 1 fully saturated rings. The Morgan fingerprint density at radius 1 is 1.32 bits per heavy atom. The Bertz CT molecular complexity index is 753. The summed E-state index contributed by atoms with van der Waals surface area (Å²) < 4.78 is 31.8. The molecule has 1 aliphatic rings. The maximum absolute atomic E-state index is 12.2. The molecule has 1 atom stereocenters. The maximum Gasteiger partial charge on any atom is 0.310 e. The van der Waals surface area contributed by atoms with Crippen LogP contribution in [0.4, 0.5) is 0 Å². The molecule has 1 heterocycles. The highest BCUT2D eigenvalue weighted by atomic mass is 32.2. The fourth-order valence-electron chi connectivity index (χ4n) is 2.57. The molecule has 1 amide bonds. The van der Waals surface area contributed by atoms with Gasteiger partial charge in [0.25, 0.3) is 5.91 Å². The summed E-state index contributed by atoms with van der Waals surface area (Å²) in [7, 11) is -3.51. The molecule has 1 unspecified atom stereocenters. The van der Waals surface area contributed by atoms with Gasteiger partial charge in [-0.1, -0.05) is 12.1 Å². The molecule has 1 aromatic carbocycles. The summed E-state index contributed by atoms with van der Waals surface area (Å²) in [5, 5.41) is 2.69. The van der Waals surface area contributed by atoms with E-state index in [9.17, 15) is 18.0 Å². The molecule has 1 aromatic rings. The number of benzene rings is 1. The lowest BCUT2D eigenvalue weighted by Crippen LogP contribution is -2.41. The van der Waals surface area contributed by atoms with Crippen LogP contribution in [0.25, 0.3) is 0 Å². The first kappa shape index (κ1) is 19.4. The zero-order valence-electron chi connectivity index (χ0n) is 14.7. The number of ether oxygens (including phenoxy) is 1. The van der Waals surface area contributed by atoms with Crippen molar-refractivity contribution in [2.24, 2.45) is 5.92 Å². The van der Waals surface area contributed by atoms with Crippen LogP contribution < -0.4 is 10.0 Å². The van der Waals surface area contributed by atoms with Gasteiger partial charge in [0, 0.05) is 17.6 Å². The molecular weight excluding hydrogens is 344 g/mol. The Hall–Kier alpha value is -1.93. The normalized spacial score (nSPS) is 18.0. The van der Waals surface area contributed by atoms with Crippen LogP contribution in [0, 0.1) is 5.92 Å². The van der Waals surface area contributed by atoms with Crippen LogP contribution in [0.1, 0.15) is 43.1 Å². The molecule has 8 heteroatoms. The largest absolute Gasteiger partial charge is 0.465 e. The second kappa shape index (κ2) is 7.53. The fraction of sp³-hybridized carbons (Fsp3) is 0.529. The van der Waals surface area contributed by atoms with Gasteiger partial charge in [0.1, 0.15) is 0 Å². The molecule has 0 aromatic heterocycles. The van der Waals surface area contributed by atoms with E-state index in [-0.39, 0.29) is 30.1 Å². The van der Waals surface area contributed by atoms with E-state index in [1.165, 1.54) is 0 Å². The van der Waals surface area contributed by atoms with E-state index in [1.807, 2.05) is 0 Å². The van der Waals surface area contributed by atoms with Gasteiger partial charge in [0.05, 0.1) is 18.3 Å². The number of sulfonamides is 1. The fourth-order valence-corrected chi connectivity index (χ4v) is 4.19. The quantitative estimate of drug-likeness (QED) is 0.735. The molecule has 0 spiro atoms. The first-order chi connectivity index (χ1) is 11.6. The molecule has 0 aliphatic carbocycles. The third-order valence-electron chi connectivity index (χ3n) is 3.56. The number of nitrogens with one attached hydrogen (secondary N) is 2. The van der Waals surface area contributed by atoms with E-state index < -0.39 is 15.6 Å². The predicted molar refractivity (Wildman–Crippen MR) is 93.4 cm³/mol. The van der Waals surface area contributed by atoms with Crippen molar-refractivity contribution in [1.82, 2.24) is 10.0 Å². The van der Waals surface area contributed by atoms with Gasteiger partial charge >= 0.3 is 5.97 Å². The van der Waals surface area contributed by atoms with E-state index >= 15 is 0 Å².